The Kier molecular flexibility index (Phi) is 4.75. The first-order valence-electron chi connectivity index (χ1n) is 5.33. The lowest BCUT2D eigenvalue weighted by molar-refractivity contribution is 0.0995. The minimum Gasteiger partial charge on any atom is -0.292 e. The van der Waals surface area contributed by atoms with E-state index in [1.165, 1.54) is 6.92 Å². The predicted octanol–water partition coefficient (Wildman–Crippen LogP) is 3.19. The van der Waals surface area contributed by atoms with Gasteiger partial charge in [-0.2, -0.15) is 0 Å². The molecule has 0 amide bonds. The minimum atomic E-state index is -3.41. The van der Waals surface area contributed by atoms with Crippen molar-refractivity contribution in [1.29, 1.82) is 0 Å². The van der Waals surface area contributed by atoms with E-state index in [0.717, 1.165) is 11.3 Å². The first kappa shape index (κ1) is 14.7. The van der Waals surface area contributed by atoms with Crippen molar-refractivity contribution in [2.45, 2.75) is 37.7 Å². The molecule has 0 saturated carbocycles. The van der Waals surface area contributed by atoms with Crippen LogP contribution >= 0.6 is 22.9 Å². The highest BCUT2D eigenvalue weighted by Crippen LogP contribution is 2.25. The Balaban J connectivity index is 2.98. The van der Waals surface area contributed by atoms with E-state index < -0.39 is 20.3 Å². The van der Waals surface area contributed by atoms with E-state index in [0.29, 0.717) is 15.6 Å². The Morgan fingerprint density at radius 3 is 2.41 bits per heavy atom. The van der Waals surface area contributed by atoms with Crippen LogP contribution in [0.25, 0.3) is 0 Å². The third-order valence-corrected chi connectivity index (χ3v) is 6.71. The molecule has 2 unspecified atom stereocenters. The Hall–Kier alpha value is -0.390. The Morgan fingerprint density at radius 1 is 1.41 bits per heavy atom. The number of hydrogen-bond donors (Lipinski definition) is 0. The zero-order valence-electron chi connectivity index (χ0n) is 9.94. The van der Waals surface area contributed by atoms with Gasteiger partial charge in [-0.1, -0.05) is 18.5 Å². The number of halogens is 1. The quantitative estimate of drug-likeness (QED) is 0.784. The third kappa shape index (κ3) is 3.09. The first-order chi connectivity index (χ1) is 7.80. The van der Waals surface area contributed by atoms with Gasteiger partial charge < -0.3 is 0 Å². The van der Waals surface area contributed by atoms with Gasteiger partial charge in [0.1, 0.15) is 5.25 Å². The van der Waals surface area contributed by atoms with Gasteiger partial charge in [-0.15, -0.1) is 11.3 Å². The molecule has 0 N–H and O–H groups in total. The van der Waals surface area contributed by atoms with E-state index in [9.17, 15) is 13.2 Å². The Bertz CT molecular complexity index is 505. The van der Waals surface area contributed by atoms with Gasteiger partial charge in [-0.05, 0) is 32.4 Å². The minimum absolute atomic E-state index is 0.373. The monoisotopic (exact) mass is 294 g/mol. The van der Waals surface area contributed by atoms with Gasteiger partial charge in [0.05, 0.1) is 14.5 Å². The second-order valence-electron chi connectivity index (χ2n) is 3.92. The van der Waals surface area contributed by atoms with E-state index >= 15 is 0 Å². The van der Waals surface area contributed by atoms with Gasteiger partial charge >= 0.3 is 0 Å². The topological polar surface area (TPSA) is 51.2 Å². The molecule has 1 rings (SSSR count). The largest absolute Gasteiger partial charge is 0.292 e. The number of sulfone groups is 1. The summed E-state index contributed by atoms with van der Waals surface area (Å²) in [5.41, 5.74) is 0. The maximum Gasteiger partial charge on any atom is 0.190 e. The van der Waals surface area contributed by atoms with Crippen LogP contribution in [-0.4, -0.2) is 24.7 Å². The lowest BCUT2D eigenvalue weighted by Crippen LogP contribution is -2.33. The van der Waals surface area contributed by atoms with E-state index in [1.54, 1.807) is 26.0 Å². The van der Waals surface area contributed by atoms with E-state index in [1.807, 2.05) is 0 Å². The molecular formula is C11H15ClO3S2. The molecule has 0 aliphatic carbocycles. The average Bonchev–Trinajstić information content (AvgIpc) is 2.72. The molecule has 0 bridgehead atoms. The highest BCUT2D eigenvalue weighted by atomic mass is 35.5. The van der Waals surface area contributed by atoms with Crippen LogP contribution in [-0.2, 0) is 9.84 Å². The van der Waals surface area contributed by atoms with Crippen LogP contribution < -0.4 is 0 Å². The third-order valence-electron chi connectivity index (χ3n) is 2.81. The molecule has 3 nitrogen and oxygen atoms in total. The van der Waals surface area contributed by atoms with Crippen LogP contribution in [0.3, 0.4) is 0 Å². The van der Waals surface area contributed by atoms with E-state index in [2.05, 4.69) is 0 Å². The number of Topliss-reactive ketones (excluding diaryl/α,β-unsaturated/α-hetero) is 1. The van der Waals surface area contributed by atoms with Crippen LogP contribution in [0, 0.1) is 0 Å². The van der Waals surface area contributed by atoms with Crippen LogP contribution in [0.5, 0.6) is 0 Å². The van der Waals surface area contributed by atoms with Gasteiger partial charge in [0.25, 0.3) is 0 Å². The summed E-state index contributed by atoms with van der Waals surface area (Å²) in [6, 6.07) is 3.17. The van der Waals surface area contributed by atoms with E-state index in [4.69, 9.17) is 11.6 Å². The standard InChI is InChI=1S/C11H15ClO3S2/c1-4-7(2)17(14,15)8(3)11(13)9-5-6-10(12)16-9/h5-8H,4H2,1-3H3. The van der Waals surface area contributed by atoms with E-state index in [-0.39, 0.29) is 5.78 Å². The SMILES string of the molecule is CCC(C)S(=O)(=O)C(C)C(=O)c1ccc(Cl)s1. The summed E-state index contributed by atoms with van der Waals surface area (Å²) >= 11 is 6.84. The summed E-state index contributed by atoms with van der Waals surface area (Å²) < 4.78 is 24.6. The number of rotatable bonds is 5. The summed E-state index contributed by atoms with van der Waals surface area (Å²) in [7, 11) is -3.41. The Morgan fingerprint density at radius 2 is 2.00 bits per heavy atom. The lowest BCUT2D eigenvalue weighted by Gasteiger charge is -2.15. The molecule has 0 aromatic carbocycles. The molecule has 0 saturated heterocycles. The van der Waals surface area contributed by atoms with Crippen molar-refractivity contribution in [3.05, 3.63) is 21.3 Å². The summed E-state index contributed by atoms with van der Waals surface area (Å²) in [6.45, 7) is 4.86. The van der Waals surface area contributed by atoms with Crippen molar-refractivity contribution in [2.24, 2.45) is 0 Å². The van der Waals surface area contributed by atoms with Gasteiger partial charge in [0.15, 0.2) is 15.6 Å². The summed E-state index contributed by atoms with van der Waals surface area (Å²) in [5, 5.41) is -1.51. The summed E-state index contributed by atoms with van der Waals surface area (Å²) in [6.07, 6.45) is 0.505. The maximum absolute atomic E-state index is 12.0. The van der Waals surface area contributed by atoms with Crippen LogP contribution in [0.2, 0.25) is 4.34 Å². The van der Waals surface area contributed by atoms with Gasteiger partial charge in [-0.25, -0.2) is 8.42 Å². The number of thiophene rings is 1. The molecule has 0 aliphatic rings. The lowest BCUT2D eigenvalue weighted by atomic mass is 10.2. The molecule has 0 fully saturated rings. The number of hydrogen-bond acceptors (Lipinski definition) is 4. The maximum atomic E-state index is 12.0. The summed E-state index contributed by atoms with van der Waals surface area (Å²) in [4.78, 5) is 12.4. The number of carbonyl (C=O) groups is 1. The van der Waals surface area contributed by atoms with Crippen LogP contribution in [0.15, 0.2) is 12.1 Å². The molecule has 1 aromatic rings. The molecule has 17 heavy (non-hydrogen) atoms. The highest BCUT2D eigenvalue weighted by Gasteiger charge is 2.33. The fraction of sp³-hybridized carbons (Fsp3) is 0.545. The number of ketones is 1. The molecule has 1 aromatic heterocycles. The fourth-order valence-electron chi connectivity index (χ4n) is 1.38. The molecule has 1 heterocycles. The van der Waals surface area contributed by atoms with Crippen molar-refractivity contribution in [1.82, 2.24) is 0 Å². The molecule has 0 radical (unpaired) electrons. The normalized spacial score (nSPS) is 15.5. The fourth-order valence-corrected chi connectivity index (χ4v) is 4.11. The molecule has 96 valence electrons. The smallest absolute Gasteiger partial charge is 0.190 e. The van der Waals surface area contributed by atoms with Crippen molar-refractivity contribution in [2.75, 3.05) is 0 Å². The van der Waals surface area contributed by atoms with Gasteiger partial charge in [-0.3, -0.25) is 4.79 Å². The Labute approximate surface area is 111 Å². The molecule has 2 atom stereocenters. The van der Waals surface area contributed by atoms with Crippen molar-refractivity contribution >= 4 is 38.6 Å². The molecule has 0 aliphatic heterocycles. The second kappa shape index (κ2) is 5.50. The van der Waals surface area contributed by atoms with Crippen molar-refractivity contribution in [3.63, 3.8) is 0 Å². The molecule has 0 spiro atoms. The first-order valence-corrected chi connectivity index (χ1v) is 8.13. The zero-order chi connectivity index (χ0) is 13.2. The van der Waals surface area contributed by atoms with Crippen molar-refractivity contribution < 1.29 is 13.2 Å². The molecule has 6 heteroatoms. The number of carbonyl (C=O) groups excluding carboxylic acids is 1. The molecular weight excluding hydrogens is 280 g/mol. The van der Waals surface area contributed by atoms with Gasteiger partial charge in [0.2, 0.25) is 0 Å². The highest BCUT2D eigenvalue weighted by molar-refractivity contribution is 7.93. The summed E-state index contributed by atoms with van der Waals surface area (Å²) in [5.74, 6) is -0.373. The van der Waals surface area contributed by atoms with Crippen LogP contribution in [0.4, 0.5) is 0 Å². The van der Waals surface area contributed by atoms with Crippen molar-refractivity contribution in [3.8, 4) is 0 Å². The van der Waals surface area contributed by atoms with Crippen LogP contribution in [0.1, 0.15) is 36.9 Å². The second-order valence-corrected chi connectivity index (χ2v) is 8.32. The average molecular weight is 295 g/mol. The predicted molar refractivity (Wildman–Crippen MR) is 71.8 cm³/mol. The van der Waals surface area contributed by atoms with Gasteiger partial charge in [0, 0.05) is 0 Å². The zero-order valence-corrected chi connectivity index (χ0v) is 12.3.